The van der Waals surface area contributed by atoms with E-state index in [1.54, 1.807) is 40.2 Å². The monoisotopic (exact) mass is 569 g/mol. The molecule has 1 fully saturated rings. The Balaban J connectivity index is 0.000000229. The van der Waals surface area contributed by atoms with Crippen molar-refractivity contribution in [3.05, 3.63) is 71.5 Å². The van der Waals surface area contributed by atoms with E-state index in [0.29, 0.717) is 39.5 Å². The third-order valence-electron chi connectivity index (χ3n) is 6.15. The Morgan fingerprint density at radius 2 is 1.51 bits per heavy atom. The third kappa shape index (κ3) is 6.73. The molecule has 1 atom stereocenters. The Bertz CT molecular complexity index is 1610. The van der Waals surface area contributed by atoms with Crippen LogP contribution in [0.5, 0.6) is 23.1 Å². The highest BCUT2D eigenvalue weighted by Crippen LogP contribution is 2.36. The Kier molecular flexibility index (Phi) is 8.53. The zero-order valence-electron chi connectivity index (χ0n) is 22.4. The van der Waals surface area contributed by atoms with E-state index < -0.39 is 10.1 Å². The topological polar surface area (TPSA) is 136 Å². The first kappa shape index (κ1) is 28.5. The quantitative estimate of drug-likeness (QED) is 0.330. The lowest BCUT2D eigenvalue weighted by atomic mass is 10.1. The van der Waals surface area contributed by atoms with Crippen LogP contribution < -0.4 is 19.0 Å². The number of aryl methyl sites for hydroxylation is 3. The standard InChI is InChI=1S/C19H19N3O3S.C9H12O3S/c1-23-17-9-15-16(10-18(17)24-2)21-11-22-19(15)25-12-3-5-13(6-4-12)26(20)14-7-8-14;1-6-4-7(2)9(8(3)5-6)13(10,11)12/h3-6,9-11,14,20H,7-8H2,1-2H3;4-5H,1-3H3,(H,10,11,12). The molecule has 2 N–H and O–H groups in total. The maximum atomic E-state index is 10.8. The van der Waals surface area contributed by atoms with Gasteiger partial charge in [0.2, 0.25) is 5.88 Å². The minimum absolute atomic E-state index is 0.0851. The predicted octanol–water partition coefficient (Wildman–Crippen LogP) is 4.04. The average molecular weight is 570 g/mol. The fraction of sp³-hybridized carbons (Fsp3) is 0.286. The van der Waals surface area contributed by atoms with Crippen LogP contribution in [0.1, 0.15) is 29.5 Å². The van der Waals surface area contributed by atoms with Gasteiger partial charge in [-0.2, -0.15) is 0 Å². The van der Waals surface area contributed by atoms with Gasteiger partial charge >= 0.3 is 0 Å². The van der Waals surface area contributed by atoms with E-state index in [-0.39, 0.29) is 15.6 Å². The Hall–Kier alpha value is -3.54. The summed E-state index contributed by atoms with van der Waals surface area (Å²) in [5.41, 5.74) is 2.73. The van der Waals surface area contributed by atoms with Crippen LogP contribution in [0.25, 0.3) is 10.9 Å². The normalized spacial score (nSPS) is 13.8. The van der Waals surface area contributed by atoms with Gasteiger partial charge in [0, 0.05) is 6.07 Å². The van der Waals surface area contributed by atoms with Crippen LogP contribution in [-0.2, 0) is 20.8 Å². The second-order valence-corrected chi connectivity index (χ2v) is 12.4. The number of nitrogens with zero attached hydrogens (tertiary/aromatic N) is 2. The molecule has 0 aliphatic heterocycles. The van der Waals surface area contributed by atoms with Crippen molar-refractivity contribution in [3.63, 3.8) is 0 Å². The van der Waals surface area contributed by atoms with Gasteiger partial charge in [0.1, 0.15) is 22.2 Å². The van der Waals surface area contributed by atoms with Gasteiger partial charge in [0.05, 0.1) is 50.9 Å². The smallest absolute Gasteiger partial charge is 0.230 e. The molecule has 0 amide bonds. The molecular formula is C28H31N3O6S2. The number of ether oxygens (including phenoxy) is 3. The highest BCUT2D eigenvalue weighted by molar-refractivity contribution is 7.86. The molecular weight excluding hydrogens is 538 g/mol. The molecule has 0 bridgehead atoms. The number of nitrogens with two attached hydrogens (primary N) is 1. The summed E-state index contributed by atoms with van der Waals surface area (Å²) in [7, 11) is -1.31. The molecule has 1 aliphatic carbocycles. The van der Waals surface area contributed by atoms with Crippen LogP contribution in [0.15, 0.2) is 64.6 Å². The minimum Gasteiger partial charge on any atom is -0.744 e. The molecule has 3 aromatic carbocycles. The van der Waals surface area contributed by atoms with E-state index in [9.17, 15) is 13.0 Å². The number of fused-ring (bicyclic) bond motifs is 1. The molecule has 1 aromatic heterocycles. The zero-order valence-corrected chi connectivity index (χ0v) is 24.1. The van der Waals surface area contributed by atoms with Crippen LogP contribution in [0.4, 0.5) is 0 Å². The Morgan fingerprint density at radius 3 is 2.05 bits per heavy atom. The van der Waals surface area contributed by atoms with Crippen LogP contribution in [-0.4, -0.2) is 42.4 Å². The lowest BCUT2D eigenvalue weighted by molar-refractivity contribution is -0.0760. The summed E-state index contributed by atoms with van der Waals surface area (Å²) >= 11 is 0. The van der Waals surface area contributed by atoms with E-state index in [1.807, 2.05) is 43.3 Å². The maximum absolute atomic E-state index is 10.8. The van der Waals surface area contributed by atoms with Crippen molar-refractivity contribution < 1.29 is 32.0 Å². The molecule has 0 radical (unpaired) electrons. The SMILES string of the molecule is COc1cc2ncnc(Oc3ccc(S(=[NH2+])C4CC4)cc3)c2cc1OC.Cc1cc(C)c(S(=O)(=O)[O-])c(C)c1. The van der Waals surface area contributed by atoms with E-state index >= 15 is 0 Å². The Labute approximate surface area is 230 Å². The molecule has 0 spiro atoms. The number of hydrogen-bond acceptors (Lipinski definition) is 8. The van der Waals surface area contributed by atoms with Crippen LogP contribution in [0.3, 0.4) is 0 Å². The van der Waals surface area contributed by atoms with Crippen molar-refractivity contribution in [2.45, 2.75) is 48.7 Å². The van der Waals surface area contributed by atoms with Crippen molar-refractivity contribution in [1.29, 1.82) is 0 Å². The van der Waals surface area contributed by atoms with E-state index in [1.165, 1.54) is 24.1 Å². The summed E-state index contributed by atoms with van der Waals surface area (Å²) in [6, 6.07) is 14.9. The van der Waals surface area contributed by atoms with Gasteiger partial charge < -0.3 is 18.8 Å². The molecule has 1 saturated carbocycles. The number of rotatable bonds is 7. The summed E-state index contributed by atoms with van der Waals surface area (Å²) in [5.74, 6) is 2.39. The lowest BCUT2D eigenvalue weighted by Crippen LogP contribution is -2.36. The first-order valence-electron chi connectivity index (χ1n) is 12.2. The van der Waals surface area contributed by atoms with Gasteiger partial charge in [-0.15, -0.1) is 0 Å². The minimum atomic E-state index is -4.33. The molecule has 9 nitrogen and oxygen atoms in total. The van der Waals surface area contributed by atoms with Crippen molar-refractivity contribution in [1.82, 2.24) is 9.97 Å². The van der Waals surface area contributed by atoms with E-state index in [0.717, 1.165) is 16.5 Å². The maximum Gasteiger partial charge on any atom is 0.230 e. The number of benzene rings is 3. The Morgan fingerprint density at radius 1 is 0.923 bits per heavy atom. The molecule has 206 valence electrons. The van der Waals surface area contributed by atoms with Crippen LogP contribution in [0, 0.1) is 20.8 Å². The fourth-order valence-corrected chi connectivity index (χ4v) is 6.68. The molecule has 0 saturated heterocycles. The highest BCUT2D eigenvalue weighted by atomic mass is 32.2. The zero-order chi connectivity index (χ0) is 28.3. The molecule has 4 aromatic rings. The van der Waals surface area contributed by atoms with Crippen molar-refractivity contribution in [2.24, 2.45) is 0 Å². The summed E-state index contributed by atoms with van der Waals surface area (Å²) in [6.07, 6.45) is 3.94. The van der Waals surface area contributed by atoms with Crippen molar-refractivity contribution >= 4 is 31.7 Å². The van der Waals surface area contributed by atoms with E-state index in [4.69, 9.17) is 19.0 Å². The fourth-order valence-electron chi connectivity index (χ4n) is 4.29. The average Bonchev–Trinajstić information content (AvgIpc) is 3.73. The second kappa shape index (κ2) is 11.7. The van der Waals surface area contributed by atoms with Gasteiger partial charge in [-0.05, 0) is 75.1 Å². The molecule has 11 heteroatoms. The van der Waals surface area contributed by atoms with Gasteiger partial charge in [-0.25, -0.2) is 23.2 Å². The first-order valence-corrected chi connectivity index (χ1v) is 14.9. The van der Waals surface area contributed by atoms with Crippen LogP contribution >= 0.6 is 0 Å². The molecule has 39 heavy (non-hydrogen) atoms. The third-order valence-corrected chi connectivity index (χ3v) is 9.30. The molecule has 1 heterocycles. The van der Waals surface area contributed by atoms with Gasteiger partial charge in [-0.1, -0.05) is 17.7 Å². The lowest BCUT2D eigenvalue weighted by Gasteiger charge is -2.14. The summed E-state index contributed by atoms with van der Waals surface area (Å²) in [5, 5.41) is 1.40. The summed E-state index contributed by atoms with van der Waals surface area (Å²) in [6.45, 7) is 5.12. The largest absolute Gasteiger partial charge is 0.744 e. The van der Waals surface area contributed by atoms with Gasteiger partial charge in [0.15, 0.2) is 11.5 Å². The molecule has 5 rings (SSSR count). The second-order valence-electron chi connectivity index (χ2n) is 9.23. The first-order chi connectivity index (χ1) is 18.5. The number of aromatic nitrogens is 2. The summed E-state index contributed by atoms with van der Waals surface area (Å²) in [4.78, 5) is 9.65. The molecule has 1 unspecified atom stereocenters. The van der Waals surface area contributed by atoms with Crippen molar-refractivity contribution in [2.75, 3.05) is 14.2 Å². The predicted molar refractivity (Wildman–Crippen MR) is 148 cm³/mol. The van der Waals surface area contributed by atoms with Crippen LogP contribution in [0.2, 0.25) is 0 Å². The summed E-state index contributed by atoms with van der Waals surface area (Å²) < 4.78 is 55.5. The van der Waals surface area contributed by atoms with Gasteiger partial charge in [0.25, 0.3) is 0 Å². The van der Waals surface area contributed by atoms with E-state index in [2.05, 4.69) is 9.97 Å². The number of methoxy groups -OCH3 is 2. The van der Waals surface area contributed by atoms with Crippen molar-refractivity contribution in [3.8, 4) is 23.1 Å². The number of hydrogen-bond donors (Lipinski definition) is 1. The highest BCUT2D eigenvalue weighted by Gasteiger charge is 2.30. The van der Waals surface area contributed by atoms with Gasteiger partial charge in [-0.3, -0.25) is 0 Å². The molecule has 1 aliphatic rings.